The fraction of sp³-hybridized carbons (Fsp3) is 0.333. The van der Waals surface area contributed by atoms with Gasteiger partial charge >= 0.3 is 0 Å². The van der Waals surface area contributed by atoms with Gasteiger partial charge in [-0.2, -0.15) is 5.10 Å². The molecular formula is C9H14ClN5. The van der Waals surface area contributed by atoms with E-state index in [-0.39, 0.29) is 5.92 Å². The monoisotopic (exact) mass is 227 g/mol. The number of nitrogens with zero attached hydrogens (tertiary/aromatic N) is 3. The molecule has 0 fully saturated rings. The number of nitrogens with two attached hydrogens (primary N) is 2. The second-order valence-corrected chi connectivity index (χ2v) is 3.72. The summed E-state index contributed by atoms with van der Waals surface area (Å²) < 4.78 is 0. The van der Waals surface area contributed by atoms with Crippen LogP contribution >= 0.6 is 11.6 Å². The number of hydrazine groups is 1. The zero-order valence-corrected chi connectivity index (χ0v) is 9.44. The topological polar surface area (TPSA) is 80.5 Å². The van der Waals surface area contributed by atoms with Gasteiger partial charge in [-0.3, -0.25) is 0 Å². The quantitative estimate of drug-likeness (QED) is 0.263. The van der Waals surface area contributed by atoms with Crippen molar-refractivity contribution in [1.82, 2.24) is 4.98 Å². The molecule has 1 heterocycles. The molecule has 0 aliphatic heterocycles. The molecule has 1 aromatic rings. The third kappa shape index (κ3) is 2.81. The summed E-state index contributed by atoms with van der Waals surface area (Å²) in [5.41, 5.74) is 0. The molecule has 0 aliphatic rings. The largest absolute Gasteiger partial charge is 0.322 e. The number of hydrogen-bond donors (Lipinski definition) is 2. The highest BCUT2D eigenvalue weighted by molar-refractivity contribution is 6.29. The molecule has 5 nitrogen and oxygen atoms in total. The third-order valence-corrected chi connectivity index (χ3v) is 2.05. The first kappa shape index (κ1) is 11.7. The Labute approximate surface area is 93.7 Å². The molecule has 0 saturated heterocycles. The van der Waals surface area contributed by atoms with Crippen molar-refractivity contribution in [2.75, 3.05) is 5.01 Å². The Bertz CT molecular complexity index is 363. The number of amidine groups is 1. The van der Waals surface area contributed by atoms with Crippen molar-refractivity contribution in [2.45, 2.75) is 13.8 Å². The minimum absolute atomic E-state index is 0.112. The Balaban J connectivity index is 2.98. The predicted octanol–water partition coefficient (Wildman–Crippen LogP) is 1.34. The minimum Gasteiger partial charge on any atom is -0.322 e. The zero-order valence-electron chi connectivity index (χ0n) is 8.68. The number of pyridine rings is 1. The molecule has 1 aromatic heterocycles. The van der Waals surface area contributed by atoms with Crippen molar-refractivity contribution >= 4 is 23.3 Å². The second kappa shape index (κ2) is 4.95. The van der Waals surface area contributed by atoms with Gasteiger partial charge in [0.05, 0.1) is 0 Å². The van der Waals surface area contributed by atoms with E-state index in [1.165, 1.54) is 5.01 Å². The van der Waals surface area contributed by atoms with Gasteiger partial charge in [-0.05, 0) is 12.1 Å². The van der Waals surface area contributed by atoms with E-state index in [0.29, 0.717) is 16.8 Å². The first-order chi connectivity index (χ1) is 7.06. The van der Waals surface area contributed by atoms with E-state index >= 15 is 0 Å². The van der Waals surface area contributed by atoms with E-state index in [1.54, 1.807) is 18.2 Å². The lowest BCUT2D eigenvalue weighted by Crippen LogP contribution is -2.41. The zero-order chi connectivity index (χ0) is 11.4. The minimum atomic E-state index is 0.112. The summed E-state index contributed by atoms with van der Waals surface area (Å²) in [5.74, 6) is 12.2. The van der Waals surface area contributed by atoms with E-state index in [9.17, 15) is 0 Å². The molecule has 0 radical (unpaired) electrons. The number of hydrazone groups is 1. The summed E-state index contributed by atoms with van der Waals surface area (Å²) in [6, 6.07) is 5.17. The van der Waals surface area contributed by atoms with Crippen molar-refractivity contribution in [2.24, 2.45) is 22.7 Å². The van der Waals surface area contributed by atoms with Gasteiger partial charge in [0, 0.05) is 5.92 Å². The fourth-order valence-electron chi connectivity index (χ4n) is 1.14. The number of halogens is 1. The predicted molar refractivity (Wildman–Crippen MR) is 62.4 cm³/mol. The average Bonchev–Trinajstić information content (AvgIpc) is 2.18. The molecule has 15 heavy (non-hydrogen) atoms. The standard InChI is InChI=1S/C9H14ClN5/c1-6(2)9(14-11)15(12)8-5-3-4-7(10)13-8/h3-6H,11-12H2,1-2H3/b14-9-. The smallest absolute Gasteiger partial charge is 0.150 e. The third-order valence-electron chi connectivity index (χ3n) is 1.84. The van der Waals surface area contributed by atoms with Crippen molar-refractivity contribution in [3.63, 3.8) is 0 Å². The van der Waals surface area contributed by atoms with E-state index in [4.69, 9.17) is 23.3 Å². The van der Waals surface area contributed by atoms with Crippen LogP contribution in [0.2, 0.25) is 5.15 Å². The summed E-state index contributed by atoms with van der Waals surface area (Å²) in [6.07, 6.45) is 0. The van der Waals surface area contributed by atoms with Crippen LogP contribution in [0.15, 0.2) is 23.3 Å². The molecule has 0 bridgehead atoms. The van der Waals surface area contributed by atoms with Crippen molar-refractivity contribution < 1.29 is 0 Å². The van der Waals surface area contributed by atoms with Crippen molar-refractivity contribution in [3.05, 3.63) is 23.4 Å². The highest BCUT2D eigenvalue weighted by Crippen LogP contribution is 2.14. The van der Waals surface area contributed by atoms with Gasteiger partial charge < -0.3 is 5.84 Å². The van der Waals surface area contributed by atoms with E-state index in [2.05, 4.69) is 10.1 Å². The van der Waals surface area contributed by atoms with Crippen LogP contribution in [0.3, 0.4) is 0 Å². The van der Waals surface area contributed by atoms with E-state index in [0.717, 1.165) is 0 Å². The summed E-state index contributed by atoms with van der Waals surface area (Å²) in [7, 11) is 0. The number of rotatable bonds is 2. The van der Waals surface area contributed by atoms with E-state index < -0.39 is 0 Å². The van der Waals surface area contributed by atoms with Crippen LogP contribution in [-0.4, -0.2) is 10.8 Å². The van der Waals surface area contributed by atoms with Gasteiger partial charge in [0.15, 0.2) is 0 Å². The lowest BCUT2D eigenvalue weighted by molar-refractivity contribution is 0.831. The Morgan fingerprint density at radius 1 is 1.53 bits per heavy atom. The maximum atomic E-state index is 5.82. The van der Waals surface area contributed by atoms with Crippen LogP contribution in [0.4, 0.5) is 5.82 Å². The van der Waals surface area contributed by atoms with Crippen molar-refractivity contribution in [1.29, 1.82) is 0 Å². The van der Waals surface area contributed by atoms with Crippen LogP contribution in [0.5, 0.6) is 0 Å². The van der Waals surface area contributed by atoms with Crippen LogP contribution < -0.4 is 16.7 Å². The van der Waals surface area contributed by atoms with Gasteiger partial charge in [-0.1, -0.05) is 31.5 Å². The average molecular weight is 228 g/mol. The molecular weight excluding hydrogens is 214 g/mol. The maximum Gasteiger partial charge on any atom is 0.150 e. The lowest BCUT2D eigenvalue weighted by atomic mass is 10.2. The molecule has 4 N–H and O–H groups in total. The van der Waals surface area contributed by atoms with Gasteiger partial charge in [-0.25, -0.2) is 15.8 Å². The highest BCUT2D eigenvalue weighted by atomic mass is 35.5. The number of aromatic nitrogens is 1. The first-order valence-electron chi connectivity index (χ1n) is 4.51. The molecule has 1 rings (SSSR count). The van der Waals surface area contributed by atoms with Crippen LogP contribution in [0.25, 0.3) is 0 Å². The van der Waals surface area contributed by atoms with Gasteiger partial charge in [0.2, 0.25) is 0 Å². The Hall–Kier alpha value is -1.33. The van der Waals surface area contributed by atoms with Crippen LogP contribution in [0.1, 0.15) is 13.8 Å². The molecule has 0 saturated carbocycles. The summed E-state index contributed by atoms with van der Waals surface area (Å²) in [6.45, 7) is 3.88. The SMILES string of the molecule is CC(C)/C(=N/N)N(N)c1cccc(Cl)n1. The number of hydrogen-bond acceptors (Lipinski definition) is 4. The molecule has 82 valence electrons. The molecule has 0 amide bonds. The van der Waals surface area contributed by atoms with E-state index in [1.807, 2.05) is 13.8 Å². The highest BCUT2D eigenvalue weighted by Gasteiger charge is 2.14. The Morgan fingerprint density at radius 3 is 2.67 bits per heavy atom. The molecule has 0 aromatic carbocycles. The van der Waals surface area contributed by atoms with Crippen molar-refractivity contribution in [3.8, 4) is 0 Å². The summed E-state index contributed by atoms with van der Waals surface area (Å²) in [5, 5.41) is 5.34. The maximum absolute atomic E-state index is 5.82. The normalized spacial score (nSPS) is 11.9. The molecule has 6 heteroatoms. The molecule has 0 spiro atoms. The summed E-state index contributed by atoms with van der Waals surface area (Å²) >= 11 is 5.75. The lowest BCUT2D eigenvalue weighted by Gasteiger charge is -2.21. The Morgan fingerprint density at radius 2 is 2.20 bits per heavy atom. The van der Waals surface area contributed by atoms with Gasteiger partial charge in [0.25, 0.3) is 0 Å². The van der Waals surface area contributed by atoms with Crippen LogP contribution in [-0.2, 0) is 0 Å². The molecule has 0 unspecified atom stereocenters. The Kier molecular flexibility index (Phi) is 3.88. The first-order valence-corrected chi connectivity index (χ1v) is 4.89. The summed E-state index contributed by atoms with van der Waals surface area (Å²) in [4.78, 5) is 4.05. The molecule has 0 aliphatic carbocycles. The molecule has 0 atom stereocenters. The second-order valence-electron chi connectivity index (χ2n) is 3.33. The number of anilines is 1. The van der Waals surface area contributed by atoms with Gasteiger partial charge in [-0.15, -0.1) is 0 Å². The fourth-order valence-corrected chi connectivity index (χ4v) is 1.30. The van der Waals surface area contributed by atoms with Crippen LogP contribution in [0, 0.1) is 5.92 Å². The van der Waals surface area contributed by atoms with Gasteiger partial charge in [0.1, 0.15) is 16.8 Å².